The first-order chi connectivity index (χ1) is 9.40. The summed E-state index contributed by atoms with van der Waals surface area (Å²) in [5.74, 6) is -2.88. The van der Waals surface area contributed by atoms with Crippen LogP contribution in [0.3, 0.4) is 0 Å². The van der Waals surface area contributed by atoms with Gasteiger partial charge in [0.05, 0.1) is 10.0 Å². The number of rotatable bonds is 3. The average Bonchev–Trinajstić information content (AvgIpc) is 2.39. The lowest BCUT2D eigenvalue weighted by molar-refractivity contribution is 0.0984. The van der Waals surface area contributed by atoms with Crippen LogP contribution in [0, 0.1) is 24.4 Å². The van der Waals surface area contributed by atoms with Crippen LogP contribution >= 0.6 is 15.9 Å². The Bertz CT molecular complexity index is 683. The molecule has 0 amide bonds. The number of benzene rings is 2. The summed E-state index contributed by atoms with van der Waals surface area (Å²) in [6.45, 7) is 1.46. The summed E-state index contributed by atoms with van der Waals surface area (Å²) in [7, 11) is 0. The van der Waals surface area contributed by atoms with E-state index in [0.29, 0.717) is 5.56 Å². The Balaban J connectivity index is 2.33. The molecule has 0 heterocycles. The fraction of sp³-hybridized carbons (Fsp3) is 0.133. The Hall–Kier alpha value is -1.62. The highest BCUT2D eigenvalue weighted by Gasteiger charge is 2.19. The molecule has 0 spiro atoms. The van der Waals surface area contributed by atoms with Crippen molar-refractivity contribution in [2.24, 2.45) is 0 Å². The summed E-state index contributed by atoms with van der Waals surface area (Å²) in [6.07, 6.45) is -0.198. The van der Waals surface area contributed by atoms with Crippen molar-refractivity contribution in [2.75, 3.05) is 0 Å². The molecule has 2 aromatic rings. The topological polar surface area (TPSA) is 17.1 Å². The van der Waals surface area contributed by atoms with Crippen molar-refractivity contribution >= 4 is 21.7 Å². The minimum Gasteiger partial charge on any atom is -0.294 e. The Kier molecular flexibility index (Phi) is 4.28. The van der Waals surface area contributed by atoms with Gasteiger partial charge in [0.15, 0.2) is 5.78 Å². The van der Waals surface area contributed by atoms with E-state index in [-0.39, 0.29) is 16.5 Å². The minimum absolute atomic E-state index is 0.198. The number of hydrogen-bond donors (Lipinski definition) is 0. The SMILES string of the molecule is Cc1ccc(F)c(C(=O)Cc2ccc(F)c(Br)c2)c1F. The van der Waals surface area contributed by atoms with Crippen LogP contribution in [0.15, 0.2) is 34.8 Å². The summed E-state index contributed by atoms with van der Waals surface area (Å²) in [6, 6.07) is 6.35. The normalized spacial score (nSPS) is 10.7. The Labute approximate surface area is 122 Å². The molecule has 0 aliphatic heterocycles. The van der Waals surface area contributed by atoms with E-state index in [9.17, 15) is 18.0 Å². The molecule has 2 rings (SSSR count). The predicted molar refractivity (Wildman–Crippen MR) is 73.2 cm³/mol. The molecule has 0 saturated carbocycles. The first-order valence-electron chi connectivity index (χ1n) is 5.82. The average molecular weight is 343 g/mol. The maximum absolute atomic E-state index is 13.8. The third-order valence-corrected chi connectivity index (χ3v) is 3.52. The zero-order chi connectivity index (χ0) is 14.9. The van der Waals surface area contributed by atoms with Gasteiger partial charge < -0.3 is 0 Å². The van der Waals surface area contributed by atoms with Crippen LogP contribution in [0.2, 0.25) is 0 Å². The molecule has 0 fully saturated rings. The maximum atomic E-state index is 13.8. The van der Waals surface area contributed by atoms with Crippen molar-refractivity contribution in [1.82, 2.24) is 0 Å². The third-order valence-electron chi connectivity index (χ3n) is 2.91. The molecule has 2 aromatic carbocycles. The zero-order valence-corrected chi connectivity index (χ0v) is 12.1. The van der Waals surface area contributed by atoms with E-state index in [4.69, 9.17) is 0 Å². The van der Waals surface area contributed by atoms with Crippen LogP contribution in [-0.2, 0) is 6.42 Å². The van der Waals surface area contributed by atoms with Crippen molar-refractivity contribution in [3.63, 3.8) is 0 Å². The number of ketones is 1. The highest BCUT2D eigenvalue weighted by atomic mass is 79.9. The van der Waals surface area contributed by atoms with Gasteiger partial charge in [0, 0.05) is 6.42 Å². The van der Waals surface area contributed by atoms with E-state index in [1.807, 2.05) is 0 Å². The molecule has 0 aliphatic rings. The summed E-state index contributed by atoms with van der Waals surface area (Å²) < 4.78 is 40.7. The van der Waals surface area contributed by atoms with Crippen LogP contribution < -0.4 is 0 Å². The van der Waals surface area contributed by atoms with E-state index in [0.717, 1.165) is 6.07 Å². The molecule has 0 atom stereocenters. The van der Waals surface area contributed by atoms with E-state index in [1.165, 1.54) is 31.2 Å². The molecule has 0 radical (unpaired) electrons. The van der Waals surface area contributed by atoms with Gasteiger partial charge in [-0.1, -0.05) is 12.1 Å². The summed E-state index contributed by atoms with van der Waals surface area (Å²) in [4.78, 5) is 12.0. The molecule has 0 saturated heterocycles. The molecular weight excluding hydrogens is 333 g/mol. The molecule has 0 aromatic heterocycles. The molecule has 0 unspecified atom stereocenters. The van der Waals surface area contributed by atoms with Gasteiger partial charge in [0.2, 0.25) is 0 Å². The number of aryl methyl sites for hydroxylation is 1. The number of halogens is 4. The number of carbonyl (C=O) groups excluding carboxylic acids is 1. The van der Waals surface area contributed by atoms with Crippen molar-refractivity contribution in [1.29, 1.82) is 0 Å². The predicted octanol–water partition coefficient (Wildman–Crippen LogP) is 4.60. The Morgan fingerprint density at radius 2 is 1.75 bits per heavy atom. The smallest absolute Gasteiger partial charge is 0.173 e. The fourth-order valence-electron chi connectivity index (χ4n) is 1.84. The second-order valence-electron chi connectivity index (χ2n) is 4.40. The quantitative estimate of drug-likeness (QED) is 0.745. The van der Waals surface area contributed by atoms with Gasteiger partial charge in [-0.05, 0) is 52.2 Å². The summed E-state index contributed by atoms with van der Waals surface area (Å²) in [5, 5.41) is 0. The lowest BCUT2D eigenvalue weighted by Gasteiger charge is -2.07. The van der Waals surface area contributed by atoms with Gasteiger partial charge in [0.25, 0.3) is 0 Å². The summed E-state index contributed by atoms with van der Waals surface area (Å²) in [5.41, 5.74) is 0.129. The van der Waals surface area contributed by atoms with Crippen LogP contribution in [0.1, 0.15) is 21.5 Å². The molecule has 104 valence electrons. The van der Waals surface area contributed by atoms with E-state index in [1.54, 1.807) is 0 Å². The Morgan fingerprint density at radius 1 is 1.10 bits per heavy atom. The largest absolute Gasteiger partial charge is 0.294 e. The molecule has 20 heavy (non-hydrogen) atoms. The zero-order valence-electron chi connectivity index (χ0n) is 10.5. The van der Waals surface area contributed by atoms with Gasteiger partial charge >= 0.3 is 0 Å². The van der Waals surface area contributed by atoms with Crippen LogP contribution in [-0.4, -0.2) is 5.78 Å². The lowest BCUT2D eigenvalue weighted by Crippen LogP contribution is -2.10. The first kappa shape index (κ1) is 14.8. The number of hydrogen-bond acceptors (Lipinski definition) is 1. The van der Waals surface area contributed by atoms with Crippen molar-refractivity contribution in [3.8, 4) is 0 Å². The highest BCUT2D eigenvalue weighted by Crippen LogP contribution is 2.21. The van der Waals surface area contributed by atoms with Gasteiger partial charge in [0.1, 0.15) is 17.5 Å². The molecule has 1 nitrogen and oxygen atoms in total. The van der Waals surface area contributed by atoms with E-state index >= 15 is 0 Å². The maximum Gasteiger partial charge on any atom is 0.173 e. The van der Waals surface area contributed by atoms with E-state index in [2.05, 4.69) is 15.9 Å². The van der Waals surface area contributed by atoms with Crippen LogP contribution in [0.25, 0.3) is 0 Å². The number of Topliss-reactive ketones (excluding diaryl/α,β-unsaturated/α-hetero) is 1. The molecule has 0 N–H and O–H groups in total. The molecule has 0 aliphatic carbocycles. The minimum atomic E-state index is -0.890. The van der Waals surface area contributed by atoms with Crippen molar-refractivity contribution in [3.05, 3.63) is 68.9 Å². The van der Waals surface area contributed by atoms with Crippen molar-refractivity contribution in [2.45, 2.75) is 13.3 Å². The number of carbonyl (C=O) groups is 1. The van der Waals surface area contributed by atoms with Gasteiger partial charge in [-0.3, -0.25) is 4.79 Å². The Morgan fingerprint density at radius 3 is 2.40 bits per heavy atom. The van der Waals surface area contributed by atoms with Gasteiger partial charge in [-0.2, -0.15) is 0 Å². The van der Waals surface area contributed by atoms with E-state index < -0.39 is 28.8 Å². The van der Waals surface area contributed by atoms with Crippen LogP contribution in [0.5, 0.6) is 0 Å². The standard InChI is InChI=1S/C15H10BrF3O/c1-8-2-4-12(18)14(15(8)19)13(20)7-9-3-5-11(17)10(16)6-9/h2-6H,7H2,1H3. The molecular formula is C15H10BrF3O. The van der Waals surface area contributed by atoms with Crippen molar-refractivity contribution < 1.29 is 18.0 Å². The fourth-order valence-corrected chi connectivity index (χ4v) is 2.26. The second kappa shape index (κ2) is 5.79. The van der Waals surface area contributed by atoms with Gasteiger partial charge in [-0.15, -0.1) is 0 Å². The second-order valence-corrected chi connectivity index (χ2v) is 5.26. The van der Waals surface area contributed by atoms with Crippen LogP contribution in [0.4, 0.5) is 13.2 Å². The molecule has 0 bridgehead atoms. The summed E-state index contributed by atoms with van der Waals surface area (Å²) >= 11 is 3.00. The lowest BCUT2D eigenvalue weighted by atomic mass is 10.00. The highest BCUT2D eigenvalue weighted by molar-refractivity contribution is 9.10. The third kappa shape index (κ3) is 2.93. The first-order valence-corrected chi connectivity index (χ1v) is 6.61. The monoisotopic (exact) mass is 342 g/mol. The van der Waals surface area contributed by atoms with Gasteiger partial charge in [-0.25, -0.2) is 13.2 Å². The molecule has 5 heteroatoms.